The number of rotatable bonds is 2. The number of ether oxygens (including phenoxy) is 2. The third-order valence-electron chi connectivity index (χ3n) is 1.12. The molecule has 0 aromatic rings. The molecule has 0 aliphatic heterocycles. The highest BCUT2D eigenvalue weighted by Gasteiger charge is 2.17. The maximum Gasteiger partial charge on any atom is 0.509 e. The summed E-state index contributed by atoms with van der Waals surface area (Å²) in [5, 5.41) is 8.46. The highest BCUT2D eigenvalue weighted by atomic mass is 16.7. The van der Waals surface area contributed by atoms with Crippen LogP contribution in [-0.4, -0.2) is 19.4 Å². The first-order chi connectivity index (χ1) is 5.11. The zero-order chi connectivity index (χ0) is 8.85. The molecule has 0 N–H and O–H groups in total. The Balaban J connectivity index is 3.91. The summed E-state index contributed by atoms with van der Waals surface area (Å²) < 4.78 is 8.81. The summed E-state index contributed by atoms with van der Waals surface area (Å²) in [6, 6.07) is 1.84. The maximum atomic E-state index is 10.5. The first-order valence-corrected chi connectivity index (χ1v) is 3.26. The van der Waals surface area contributed by atoms with Crippen molar-refractivity contribution >= 4 is 6.16 Å². The molecule has 4 heteroatoms. The predicted molar refractivity (Wildman–Crippen MR) is 37.7 cm³/mol. The van der Waals surface area contributed by atoms with Crippen molar-refractivity contribution < 1.29 is 14.3 Å². The van der Waals surface area contributed by atoms with Crippen molar-refractivity contribution in [2.45, 2.75) is 20.0 Å². The van der Waals surface area contributed by atoms with Gasteiger partial charge in [-0.15, -0.1) is 0 Å². The maximum absolute atomic E-state index is 10.5. The number of hydrogen-bond acceptors (Lipinski definition) is 4. The van der Waals surface area contributed by atoms with Gasteiger partial charge in [0.1, 0.15) is 6.07 Å². The molecule has 11 heavy (non-hydrogen) atoms. The third-order valence-corrected chi connectivity index (χ3v) is 1.12. The molecule has 0 aliphatic carbocycles. The topological polar surface area (TPSA) is 59.3 Å². The Hall–Kier alpha value is -1.24. The molecule has 1 unspecified atom stereocenters. The van der Waals surface area contributed by atoms with Gasteiger partial charge in [0.25, 0.3) is 0 Å². The predicted octanol–water partition coefficient (Wildman–Crippen LogP) is 1.32. The zero-order valence-electron chi connectivity index (χ0n) is 6.83. The van der Waals surface area contributed by atoms with Crippen LogP contribution in [0.2, 0.25) is 0 Å². The molecule has 0 aromatic heterocycles. The normalized spacial score (nSPS) is 11.9. The summed E-state index contributed by atoms with van der Waals surface area (Å²) in [5.74, 6) is -0.0147. The lowest BCUT2D eigenvalue weighted by atomic mass is 10.1. The highest BCUT2D eigenvalue weighted by molar-refractivity contribution is 5.60. The average molecular weight is 157 g/mol. The second-order valence-corrected chi connectivity index (χ2v) is 2.37. The van der Waals surface area contributed by atoms with Gasteiger partial charge >= 0.3 is 6.16 Å². The van der Waals surface area contributed by atoms with Gasteiger partial charge in [-0.25, -0.2) is 4.79 Å². The molecule has 0 saturated heterocycles. The van der Waals surface area contributed by atoms with Crippen molar-refractivity contribution in [3.63, 3.8) is 0 Å². The van der Waals surface area contributed by atoms with Crippen LogP contribution in [0.5, 0.6) is 0 Å². The molecule has 0 fully saturated rings. The Kier molecular flexibility index (Phi) is 4.04. The fourth-order valence-electron chi connectivity index (χ4n) is 0.463. The average Bonchev–Trinajstić information content (AvgIpc) is 1.99. The largest absolute Gasteiger partial charge is 0.509 e. The lowest BCUT2D eigenvalue weighted by Gasteiger charge is -2.11. The van der Waals surface area contributed by atoms with Crippen LogP contribution in [0.25, 0.3) is 0 Å². The van der Waals surface area contributed by atoms with E-state index in [-0.39, 0.29) is 5.92 Å². The molecule has 0 bridgehead atoms. The van der Waals surface area contributed by atoms with Crippen LogP contribution < -0.4 is 0 Å². The minimum Gasteiger partial charge on any atom is -0.438 e. The van der Waals surface area contributed by atoms with Gasteiger partial charge < -0.3 is 9.47 Å². The summed E-state index contributed by atoms with van der Waals surface area (Å²) >= 11 is 0. The lowest BCUT2D eigenvalue weighted by molar-refractivity contribution is 0.0407. The van der Waals surface area contributed by atoms with E-state index in [1.165, 1.54) is 7.11 Å². The van der Waals surface area contributed by atoms with E-state index < -0.39 is 12.3 Å². The molecule has 0 amide bonds. The molecule has 0 radical (unpaired) electrons. The minimum absolute atomic E-state index is 0.0147. The van der Waals surface area contributed by atoms with Gasteiger partial charge in [-0.05, 0) is 0 Å². The summed E-state index contributed by atoms with van der Waals surface area (Å²) in [5.41, 5.74) is 0. The monoisotopic (exact) mass is 157 g/mol. The van der Waals surface area contributed by atoms with Crippen LogP contribution >= 0.6 is 0 Å². The molecule has 0 aliphatic rings. The molecule has 0 saturated carbocycles. The molecular weight excluding hydrogens is 146 g/mol. The summed E-state index contributed by atoms with van der Waals surface area (Å²) in [6.45, 7) is 3.58. The Morgan fingerprint density at radius 2 is 2.09 bits per heavy atom. The van der Waals surface area contributed by atoms with E-state index in [1.807, 2.05) is 6.07 Å². The highest BCUT2D eigenvalue weighted by Crippen LogP contribution is 2.05. The number of hydrogen-bond donors (Lipinski definition) is 0. The minimum atomic E-state index is -0.815. The number of nitrogens with zero attached hydrogens (tertiary/aromatic N) is 1. The SMILES string of the molecule is COC(=O)OC(C#N)C(C)C. The number of carbonyl (C=O) groups is 1. The molecule has 62 valence electrons. The Morgan fingerprint density at radius 1 is 1.55 bits per heavy atom. The van der Waals surface area contributed by atoms with E-state index in [4.69, 9.17) is 5.26 Å². The van der Waals surface area contributed by atoms with E-state index in [0.29, 0.717) is 0 Å². The van der Waals surface area contributed by atoms with E-state index in [1.54, 1.807) is 13.8 Å². The quantitative estimate of drug-likeness (QED) is 0.567. The summed E-state index contributed by atoms with van der Waals surface area (Å²) in [7, 11) is 1.21. The van der Waals surface area contributed by atoms with Crippen LogP contribution in [0.4, 0.5) is 4.79 Å². The van der Waals surface area contributed by atoms with Gasteiger partial charge in [0.05, 0.1) is 7.11 Å². The Labute approximate surface area is 65.7 Å². The van der Waals surface area contributed by atoms with Crippen LogP contribution in [0, 0.1) is 17.2 Å². The van der Waals surface area contributed by atoms with Crippen molar-refractivity contribution in [3.05, 3.63) is 0 Å². The van der Waals surface area contributed by atoms with Crippen LogP contribution in [0.3, 0.4) is 0 Å². The number of nitriles is 1. The Bertz CT molecular complexity index is 171. The first-order valence-electron chi connectivity index (χ1n) is 3.26. The zero-order valence-corrected chi connectivity index (χ0v) is 6.83. The first kappa shape index (κ1) is 9.76. The van der Waals surface area contributed by atoms with Gasteiger partial charge in [0.15, 0.2) is 6.10 Å². The van der Waals surface area contributed by atoms with Gasteiger partial charge in [0, 0.05) is 5.92 Å². The van der Waals surface area contributed by atoms with Gasteiger partial charge in [-0.2, -0.15) is 5.26 Å². The van der Waals surface area contributed by atoms with Crippen LogP contribution in [0.15, 0.2) is 0 Å². The third kappa shape index (κ3) is 3.46. The summed E-state index contributed by atoms with van der Waals surface area (Å²) in [4.78, 5) is 10.5. The van der Waals surface area contributed by atoms with E-state index in [0.717, 1.165) is 0 Å². The van der Waals surface area contributed by atoms with Crippen molar-refractivity contribution in [1.29, 1.82) is 5.26 Å². The molecule has 0 heterocycles. The smallest absolute Gasteiger partial charge is 0.438 e. The summed E-state index contributed by atoms with van der Waals surface area (Å²) in [6.07, 6.45) is -1.53. The lowest BCUT2D eigenvalue weighted by Crippen LogP contribution is -2.21. The van der Waals surface area contributed by atoms with Crippen molar-refractivity contribution in [3.8, 4) is 6.07 Å². The number of carbonyl (C=O) groups excluding carboxylic acids is 1. The van der Waals surface area contributed by atoms with Crippen LogP contribution in [-0.2, 0) is 9.47 Å². The fourth-order valence-corrected chi connectivity index (χ4v) is 0.463. The molecule has 0 rings (SSSR count). The van der Waals surface area contributed by atoms with Crippen molar-refractivity contribution in [2.24, 2.45) is 5.92 Å². The molecule has 1 atom stereocenters. The van der Waals surface area contributed by atoms with Gasteiger partial charge in [0.2, 0.25) is 0 Å². The second-order valence-electron chi connectivity index (χ2n) is 2.37. The molecule has 0 spiro atoms. The molecular formula is C7H11NO3. The number of methoxy groups -OCH3 is 1. The second kappa shape index (κ2) is 4.56. The molecule has 0 aromatic carbocycles. The van der Waals surface area contributed by atoms with Gasteiger partial charge in [-0.3, -0.25) is 0 Å². The van der Waals surface area contributed by atoms with Gasteiger partial charge in [-0.1, -0.05) is 13.8 Å². The standard InChI is InChI=1S/C7H11NO3/c1-5(2)6(4-8)11-7(9)10-3/h5-6H,1-3H3. The van der Waals surface area contributed by atoms with Crippen LogP contribution in [0.1, 0.15) is 13.8 Å². The van der Waals surface area contributed by atoms with Crippen molar-refractivity contribution in [1.82, 2.24) is 0 Å². The fraction of sp³-hybridized carbons (Fsp3) is 0.714. The Morgan fingerprint density at radius 3 is 2.36 bits per heavy atom. The van der Waals surface area contributed by atoms with E-state index in [2.05, 4.69) is 9.47 Å². The van der Waals surface area contributed by atoms with E-state index >= 15 is 0 Å². The van der Waals surface area contributed by atoms with Crippen molar-refractivity contribution in [2.75, 3.05) is 7.11 Å². The molecule has 4 nitrogen and oxygen atoms in total. The van der Waals surface area contributed by atoms with E-state index in [9.17, 15) is 4.79 Å².